The maximum absolute atomic E-state index is 11.9. The highest BCUT2D eigenvalue weighted by Crippen LogP contribution is 2.31. The Bertz CT molecular complexity index is 449. The van der Waals surface area contributed by atoms with Crippen LogP contribution in [-0.2, 0) is 23.9 Å². The maximum atomic E-state index is 11.9. The van der Waals surface area contributed by atoms with Gasteiger partial charge in [0.25, 0.3) is 0 Å². The molecule has 20 heavy (non-hydrogen) atoms. The Balaban J connectivity index is 2.58. The van der Waals surface area contributed by atoms with E-state index in [1.54, 1.807) is 6.92 Å². The van der Waals surface area contributed by atoms with Crippen LogP contribution in [0.1, 0.15) is 26.2 Å². The second-order valence-electron chi connectivity index (χ2n) is 4.48. The average Bonchev–Trinajstić information content (AvgIpc) is 2.42. The lowest BCUT2D eigenvalue weighted by Gasteiger charge is -2.22. The number of hydrogen-bond acceptors (Lipinski definition) is 5. The summed E-state index contributed by atoms with van der Waals surface area (Å²) < 4.78 is 9.62. The normalized spacial score (nSPS) is 18.4. The number of hydrogen-bond donors (Lipinski definition) is 1. The van der Waals surface area contributed by atoms with E-state index in [9.17, 15) is 14.4 Å². The number of esters is 2. The van der Waals surface area contributed by atoms with Crippen LogP contribution in [0.15, 0.2) is 23.8 Å². The molecule has 1 aliphatic carbocycles. The van der Waals surface area contributed by atoms with Crippen LogP contribution in [0.25, 0.3) is 0 Å². The number of carboxylic acid groups (broad SMARTS) is 1. The monoisotopic (exact) mass is 282 g/mol. The molecule has 0 aliphatic heterocycles. The molecular weight excluding hydrogens is 264 g/mol. The molecule has 1 atom stereocenters. The van der Waals surface area contributed by atoms with Crippen LogP contribution in [0.4, 0.5) is 0 Å². The minimum absolute atomic E-state index is 0.0827. The molecule has 1 unspecified atom stereocenters. The van der Waals surface area contributed by atoms with E-state index in [0.29, 0.717) is 12.8 Å². The molecule has 0 bridgehead atoms. The Morgan fingerprint density at radius 2 is 2.00 bits per heavy atom. The third-order valence-corrected chi connectivity index (χ3v) is 3.10. The first-order valence-corrected chi connectivity index (χ1v) is 6.36. The third-order valence-electron chi connectivity index (χ3n) is 3.10. The Hall–Kier alpha value is -2.11. The molecule has 6 heteroatoms. The molecule has 0 aromatic heterocycles. The quantitative estimate of drug-likeness (QED) is 0.450. The number of carbonyl (C=O) groups excluding carboxylic acids is 2. The van der Waals surface area contributed by atoms with E-state index in [-0.39, 0.29) is 18.8 Å². The van der Waals surface area contributed by atoms with Gasteiger partial charge in [-0.25, -0.2) is 9.59 Å². The van der Waals surface area contributed by atoms with Crippen molar-refractivity contribution < 1.29 is 29.0 Å². The molecule has 0 radical (unpaired) electrons. The van der Waals surface area contributed by atoms with Crippen LogP contribution in [0, 0.1) is 5.92 Å². The SMILES string of the molecule is C=CC(=O)OCCOC(=O)C1=C(C)CCCC1C(=O)O. The van der Waals surface area contributed by atoms with Gasteiger partial charge >= 0.3 is 17.9 Å². The zero-order valence-corrected chi connectivity index (χ0v) is 11.4. The average molecular weight is 282 g/mol. The van der Waals surface area contributed by atoms with Crippen molar-refractivity contribution in [2.45, 2.75) is 26.2 Å². The fourth-order valence-corrected chi connectivity index (χ4v) is 2.12. The van der Waals surface area contributed by atoms with Crippen molar-refractivity contribution in [1.82, 2.24) is 0 Å². The van der Waals surface area contributed by atoms with Crippen LogP contribution in [0.5, 0.6) is 0 Å². The number of rotatable bonds is 6. The van der Waals surface area contributed by atoms with Crippen molar-refractivity contribution in [3.63, 3.8) is 0 Å². The van der Waals surface area contributed by atoms with Gasteiger partial charge in [-0.05, 0) is 26.2 Å². The summed E-state index contributed by atoms with van der Waals surface area (Å²) in [6.45, 7) is 4.78. The number of allylic oxidation sites excluding steroid dienone is 1. The van der Waals surface area contributed by atoms with Crippen molar-refractivity contribution in [2.24, 2.45) is 5.92 Å². The predicted octanol–water partition coefficient (Wildman–Crippen LogP) is 1.46. The fourth-order valence-electron chi connectivity index (χ4n) is 2.12. The predicted molar refractivity (Wildman–Crippen MR) is 69.8 cm³/mol. The Morgan fingerprint density at radius 3 is 2.60 bits per heavy atom. The summed E-state index contributed by atoms with van der Waals surface area (Å²) in [5, 5.41) is 9.13. The highest BCUT2D eigenvalue weighted by atomic mass is 16.6. The third kappa shape index (κ3) is 4.22. The molecule has 1 aliphatic rings. The lowest BCUT2D eigenvalue weighted by Crippen LogP contribution is -2.27. The number of carboxylic acids is 1. The molecule has 6 nitrogen and oxygen atoms in total. The molecular formula is C14H18O6. The molecule has 0 fully saturated rings. The second-order valence-corrected chi connectivity index (χ2v) is 4.48. The summed E-state index contributed by atoms with van der Waals surface area (Å²) in [4.78, 5) is 33.9. The maximum Gasteiger partial charge on any atom is 0.334 e. The van der Waals surface area contributed by atoms with Gasteiger partial charge in [-0.1, -0.05) is 12.2 Å². The number of aliphatic carboxylic acids is 1. The molecule has 0 aromatic rings. The van der Waals surface area contributed by atoms with Gasteiger partial charge in [-0.3, -0.25) is 4.79 Å². The highest BCUT2D eigenvalue weighted by molar-refractivity contribution is 5.96. The van der Waals surface area contributed by atoms with E-state index in [0.717, 1.165) is 18.1 Å². The van der Waals surface area contributed by atoms with E-state index in [2.05, 4.69) is 11.3 Å². The van der Waals surface area contributed by atoms with Gasteiger partial charge in [0.1, 0.15) is 13.2 Å². The number of ether oxygens (including phenoxy) is 2. The van der Waals surface area contributed by atoms with Gasteiger partial charge in [0, 0.05) is 6.08 Å². The fraction of sp³-hybridized carbons (Fsp3) is 0.500. The molecule has 0 spiro atoms. The smallest absolute Gasteiger partial charge is 0.334 e. The van der Waals surface area contributed by atoms with Gasteiger partial charge in [-0.2, -0.15) is 0 Å². The van der Waals surface area contributed by atoms with Crippen LogP contribution in [0.3, 0.4) is 0 Å². The topological polar surface area (TPSA) is 89.9 Å². The van der Waals surface area contributed by atoms with E-state index >= 15 is 0 Å². The van der Waals surface area contributed by atoms with Gasteiger partial charge < -0.3 is 14.6 Å². The highest BCUT2D eigenvalue weighted by Gasteiger charge is 2.32. The molecule has 0 saturated carbocycles. The van der Waals surface area contributed by atoms with E-state index in [4.69, 9.17) is 9.84 Å². The molecule has 110 valence electrons. The Labute approximate surface area is 117 Å². The summed E-state index contributed by atoms with van der Waals surface area (Å²) in [6.07, 6.45) is 2.88. The largest absolute Gasteiger partial charge is 0.481 e. The van der Waals surface area contributed by atoms with Gasteiger partial charge in [0.2, 0.25) is 0 Å². The molecule has 0 amide bonds. The van der Waals surface area contributed by atoms with Crippen molar-refractivity contribution >= 4 is 17.9 Å². The van der Waals surface area contributed by atoms with Crippen molar-refractivity contribution in [3.8, 4) is 0 Å². The van der Waals surface area contributed by atoms with Crippen LogP contribution < -0.4 is 0 Å². The van der Waals surface area contributed by atoms with Crippen LogP contribution >= 0.6 is 0 Å². The summed E-state index contributed by atoms with van der Waals surface area (Å²) in [6, 6.07) is 0. The van der Waals surface area contributed by atoms with Gasteiger partial charge in [0.15, 0.2) is 0 Å². The van der Waals surface area contributed by atoms with Crippen molar-refractivity contribution in [3.05, 3.63) is 23.8 Å². The standard InChI is InChI=1S/C14H18O6/c1-3-11(15)19-7-8-20-14(18)12-9(2)5-4-6-10(12)13(16)17/h3,10H,1,4-8H2,2H3,(H,16,17). The van der Waals surface area contributed by atoms with Crippen molar-refractivity contribution in [1.29, 1.82) is 0 Å². The van der Waals surface area contributed by atoms with E-state index in [1.807, 2.05) is 0 Å². The summed E-state index contributed by atoms with van der Waals surface area (Å²) in [5.74, 6) is -3.08. The Kier molecular flexibility index (Phi) is 5.96. The lowest BCUT2D eigenvalue weighted by atomic mass is 9.83. The van der Waals surface area contributed by atoms with Gasteiger partial charge in [0.05, 0.1) is 11.5 Å². The number of carbonyl (C=O) groups is 3. The van der Waals surface area contributed by atoms with Crippen LogP contribution in [0.2, 0.25) is 0 Å². The second kappa shape index (κ2) is 7.47. The molecule has 1 N–H and O–H groups in total. The first-order valence-electron chi connectivity index (χ1n) is 6.36. The zero-order chi connectivity index (χ0) is 15.1. The molecule has 0 saturated heterocycles. The first-order chi connectivity index (χ1) is 9.47. The minimum atomic E-state index is -1.02. The summed E-state index contributed by atoms with van der Waals surface area (Å²) >= 11 is 0. The van der Waals surface area contributed by atoms with Crippen molar-refractivity contribution in [2.75, 3.05) is 13.2 Å². The molecule has 0 heterocycles. The molecule has 1 rings (SSSR count). The zero-order valence-electron chi connectivity index (χ0n) is 11.4. The molecule has 0 aromatic carbocycles. The minimum Gasteiger partial charge on any atom is -0.481 e. The van der Waals surface area contributed by atoms with Gasteiger partial charge in [-0.15, -0.1) is 0 Å². The van der Waals surface area contributed by atoms with Crippen LogP contribution in [-0.4, -0.2) is 36.2 Å². The van der Waals surface area contributed by atoms with E-state index < -0.39 is 23.8 Å². The summed E-state index contributed by atoms with van der Waals surface area (Å²) in [7, 11) is 0. The Morgan fingerprint density at radius 1 is 1.35 bits per heavy atom. The summed E-state index contributed by atoms with van der Waals surface area (Å²) in [5.41, 5.74) is 0.968. The lowest BCUT2D eigenvalue weighted by molar-refractivity contribution is -0.149. The first kappa shape index (κ1) is 15.9. The van der Waals surface area contributed by atoms with E-state index in [1.165, 1.54) is 0 Å².